The second-order valence-corrected chi connectivity index (χ2v) is 10.2. The second kappa shape index (κ2) is 14.2. The Labute approximate surface area is 219 Å². The summed E-state index contributed by atoms with van der Waals surface area (Å²) in [4.78, 5) is 39.6. The van der Waals surface area contributed by atoms with Gasteiger partial charge in [0.1, 0.15) is 6.10 Å². The van der Waals surface area contributed by atoms with Gasteiger partial charge < -0.3 is 24.4 Å². The minimum atomic E-state index is -3.22. The molecular formula is C23H31N5O9S. The minimum Gasteiger partial charge on any atom is -0.478 e. The highest BCUT2D eigenvalue weighted by Gasteiger charge is 2.26. The van der Waals surface area contributed by atoms with E-state index in [1.165, 1.54) is 11.9 Å². The van der Waals surface area contributed by atoms with E-state index in [2.05, 4.69) is 19.8 Å². The number of carboxylic acids is 2. The maximum absolute atomic E-state index is 12.7. The number of nitrogens with zero attached hydrogens (tertiary/aromatic N) is 4. The van der Waals surface area contributed by atoms with Gasteiger partial charge in [0, 0.05) is 38.8 Å². The minimum absolute atomic E-state index is 0.0582. The number of carboxylic acid groups (broad SMARTS) is 2. The highest BCUT2D eigenvalue weighted by Crippen LogP contribution is 2.29. The zero-order valence-electron chi connectivity index (χ0n) is 21.2. The number of aliphatic carboxylic acids is 2. The Morgan fingerprint density at radius 2 is 1.79 bits per heavy atom. The number of carbonyl (C=O) groups is 3. The van der Waals surface area contributed by atoms with E-state index >= 15 is 0 Å². The van der Waals surface area contributed by atoms with E-state index < -0.39 is 28.1 Å². The number of anilines is 1. The summed E-state index contributed by atoms with van der Waals surface area (Å²) in [6.45, 7) is 3.55. The van der Waals surface area contributed by atoms with Crippen LogP contribution in [0.25, 0.3) is 11.5 Å². The van der Waals surface area contributed by atoms with Gasteiger partial charge in [0.05, 0.1) is 17.0 Å². The first-order chi connectivity index (χ1) is 17.9. The molecule has 1 aromatic carbocycles. The number of rotatable bonds is 9. The molecule has 208 valence electrons. The molecule has 38 heavy (non-hydrogen) atoms. The van der Waals surface area contributed by atoms with E-state index in [4.69, 9.17) is 19.5 Å². The summed E-state index contributed by atoms with van der Waals surface area (Å²) >= 11 is 0. The van der Waals surface area contributed by atoms with E-state index in [-0.39, 0.29) is 11.9 Å². The molecule has 15 heteroatoms. The molecular weight excluding hydrogens is 522 g/mol. The molecule has 1 fully saturated rings. The number of likely N-dealkylation sites (tertiary alicyclic amines) is 1. The van der Waals surface area contributed by atoms with Gasteiger partial charge in [0.25, 0.3) is 5.89 Å². The predicted molar refractivity (Wildman–Crippen MR) is 136 cm³/mol. The summed E-state index contributed by atoms with van der Waals surface area (Å²) in [5.74, 6) is -1.60. The van der Waals surface area contributed by atoms with Crippen LogP contribution < -0.4 is 9.62 Å². The molecule has 1 aliphatic rings. The van der Waals surface area contributed by atoms with Crippen LogP contribution in [0.1, 0.15) is 18.7 Å². The maximum Gasteiger partial charge on any atom is 0.414 e. The molecule has 0 bridgehead atoms. The number of amides is 1. The maximum atomic E-state index is 12.7. The molecule has 0 radical (unpaired) electrons. The molecule has 1 amide bonds. The average molecular weight is 554 g/mol. The number of aryl methyl sites for hydroxylation is 1. The summed E-state index contributed by atoms with van der Waals surface area (Å²) in [6, 6.07) is 7.26. The summed E-state index contributed by atoms with van der Waals surface area (Å²) in [5, 5.41) is 19.4. The fourth-order valence-corrected chi connectivity index (χ4v) is 4.12. The first-order valence-electron chi connectivity index (χ1n) is 11.5. The standard InChI is InChI=1S/C19H27N5O5S.C4H4O4/c1-14-21-18(29-22-14)16-6-4-5-7-17(16)23(3)19(25)28-15-8-10-24(11-9-15)12-13-30(26,27)20-2;5-3(6)1-2-4(7)8/h4-7,15,20H,8-13H2,1-3H3;1-2H,(H,5,6)(H,7,8). The molecule has 2 heterocycles. The Balaban J connectivity index is 0.000000550. The smallest absolute Gasteiger partial charge is 0.414 e. The van der Waals surface area contributed by atoms with Gasteiger partial charge in [0.15, 0.2) is 5.82 Å². The number of sulfonamides is 1. The summed E-state index contributed by atoms with van der Waals surface area (Å²) in [5.41, 5.74) is 1.26. The van der Waals surface area contributed by atoms with E-state index in [1.807, 2.05) is 18.2 Å². The van der Waals surface area contributed by atoms with Gasteiger partial charge in [-0.3, -0.25) is 4.90 Å². The third kappa shape index (κ3) is 9.91. The van der Waals surface area contributed by atoms with Crippen molar-refractivity contribution in [1.29, 1.82) is 0 Å². The third-order valence-corrected chi connectivity index (χ3v) is 6.80. The number of carbonyl (C=O) groups excluding carboxylic acids is 1. The van der Waals surface area contributed by atoms with Crippen LogP contribution in [0.5, 0.6) is 0 Å². The van der Waals surface area contributed by atoms with Gasteiger partial charge in [-0.25, -0.2) is 27.5 Å². The van der Waals surface area contributed by atoms with Gasteiger partial charge >= 0.3 is 18.0 Å². The average Bonchev–Trinajstić information content (AvgIpc) is 3.33. The molecule has 0 atom stereocenters. The molecule has 0 aliphatic carbocycles. The molecule has 1 aromatic heterocycles. The number of hydrogen-bond donors (Lipinski definition) is 3. The molecule has 1 saturated heterocycles. The molecule has 2 aromatic rings. The van der Waals surface area contributed by atoms with E-state index in [0.29, 0.717) is 67.6 Å². The quantitative estimate of drug-likeness (QED) is 0.378. The molecule has 3 N–H and O–H groups in total. The first-order valence-corrected chi connectivity index (χ1v) is 13.2. The van der Waals surface area contributed by atoms with Crippen LogP contribution in [0.2, 0.25) is 0 Å². The molecule has 0 saturated carbocycles. The number of benzene rings is 1. The lowest BCUT2D eigenvalue weighted by molar-refractivity contribution is -0.134. The van der Waals surface area contributed by atoms with Crippen molar-refractivity contribution in [3.05, 3.63) is 42.2 Å². The fourth-order valence-electron chi connectivity index (χ4n) is 3.42. The van der Waals surface area contributed by atoms with Crippen molar-refractivity contribution in [3.63, 3.8) is 0 Å². The Hall–Kier alpha value is -3.82. The molecule has 1 aliphatic heterocycles. The van der Waals surface area contributed by atoms with Crippen molar-refractivity contribution in [3.8, 4) is 11.5 Å². The molecule has 14 nitrogen and oxygen atoms in total. The summed E-state index contributed by atoms with van der Waals surface area (Å²) in [6.07, 6.45) is 1.75. The normalized spacial score (nSPS) is 14.5. The van der Waals surface area contributed by atoms with Crippen molar-refractivity contribution in [1.82, 2.24) is 19.8 Å². The van der Waals surface area contributed by atoms with Crippen molar-refractivity contribution < 1.29 is 42.3 Å². The number of nitrogens with one attached hydrogen (secondary N) is 1. The lowest BCUT2D eigenvalue weighted by Gasteiger charge is -2.32. The number of ether oxygens (including phenoxy) is 1. The lowest BCUT2D eigenvalue weighted by Crippen LogP contribution is -2.42. The first kappa shape index (κ1) is 30.4. The van der Waals surface area contributed by atoms with Crippen LogP contribution in [0, 0.1) is 6.92 Å². The molecule has 0 spiro atoms. The van der Waals surface area contributed by atoms with Gasteiger partial charge in [-0.15, -0.1) is 0 Å². The van der Waals surface area contributed by atoms with Gasteiger partial charge in [-0.2, -0.15) is 4.98 Å². The third-order valence-electron chi connectivity index (χ3n) is 5.46. The molecule has 0 unspecified atom stereocenters. The van der Waals surface area contributed by atoms with Gasteiger partial charge in [-0.1, -0.05) is 17.3 Å². The lowest BCUT2D eigenvalue weighted by atomic mass is 10.1. The Bertz CT molecular complexity index is 1220. The van der Waals surface area contributed by atoms with Crippen molar-refractivity contribution in [2.24, 2.45) is 0 Å². The van der Waals surface area contributed by atoms with E-state index in [9.17, 15) is 22.8 Å². The Morgan fingerprint density at radius 1 is 1.18 bits per heavy atom. The van der Waals surface area contributed by atoms with Crippen molar-refractivity contribution >= 4 is 33.7 Å². The Kier molecular flexibility index (Phi) is 11.4. The fraction of sp³-hybridized carbons (Fsp3) is 0.435. The van der Waals surface area contributed by atoms with Crippen LogP contribution >= 0.6 is 0 Å². The largest absolute Gasteiger partial charge is 0.478 e. The zero-order chi connectivity index (χ0) is 28.3. The predicted octanol–water partition coefficient (Wildman–Crippen LogP) is 1.34. The highest BCUT2D eigenvalue weighted by molar-refractivity contribution is 7.89. The monoisotopic (exact) mass is 553 g/mol. The SMILES string of the molecule is CNS(=O)(=O)CCN1CCC(OC(=O)N(C)c2ccccc2-c2nc(C)no2)CC1.O=C(O)C=CC(=O)O. The molecule has 3 rings (SSSR count). The van der Waals surface area contributed by atoms with Crippen LogP contribution in [-0.2, 0) is 24.3 Å². The van der Waals surface area contributed by atoms with E-state index in [1.54, 1.807) is 20.0 Å². The van der Waals surface area contributed by atoms with Crippen LogP contribution in [0.15, 0.2) is 40.9 Å². The second-order valence-electron chi connectivity index (χ2n) is 8.18. The topological polar surface area (TPSA) is 192 Å². The van der Waals surface area contributed by atoms with Crippen molar-refractivity contribution in [2.75, 3.05) is 44.4 Å². The van der Waals surface area contributed by atoms with Crippen LogP contribution in [0.3, 0.4) is 0 Å². The number of aromatic nitrogens is 2. The summed E-state index contributed by atoms with van der Waals surface area (Å²) < 4.78 is 36.4. The number of para-hydroxylation sites is 1. The van der Waals surface area contributed by atoms with E-state index in [0.717, 1.165) is 0 Å². The zero-order valence-corrected chi connectivity index (χ0v) is 22.0. The van der Waals surface area contributed by atoms with Crippen LogP contribution in [0.4, 0.5) is 10.5 Å². The highest BCUT2D eigenvalue weighted by atomic mass is 32.2. The number of hydrogen-bond acceptors (Lipinski definition) is 10. The number of piperidine rings is 1. The Morgan fingerprint density at radius 3 is 2.32 bits per heavy atom. The van der Waals surface area contributed by atoms with Crippen LogP contribution in [-0.4, -0.2) is 97.3 Å². The van der Waals surface area contributed by atoms with Gasteiger partial charge in [-0.05, 0) is 38.9 Å². The van der Waals surface area contributed by atoms with Crippen molar-refractivity contribution in [2.45, 2.75) is 25.9 Å². The van der Waals surface area contributed by atoms with Gasteiger partial charge in [0.2, 0.25) is 10.0 Å². The summed E-state index contributed by atoms with van der Waals surface area (Å²) in [7, 11) is -0.167.